The molecule has 1 aliphatic rings. The van der Waals surface area contributed by atoms with Gasteiger partial charge in [-0.1, -0.05) is 42.5 Å². The Morgan fingerprint density at radius 3 is 2.30 bits per heavy atom. The lowest BCUT2D eigenvalue weighted by molar-refractivity contribution is -0.140. The fourth-order valence-corrected chi connectivity index (χ4v) is 3.24. The molecule has 2 aromatic carbocycles. The number of aliphatic hydroxyl groups is 2. The molecule has 1 heterocycles. The monoisotopic (exact) mass is 367 g/mol. The maximum Gasteiger partial charge on any atom is 0.295 e. The first-order chi connectivity index (χ1) is 12.9. The number of ketones is 1. The summed E-state index contributed by atoms with van der Waals surface area (Å²) in [6, 6.07) is 14.7. The molecule has 3 rings (SSSR count). The van der Waals surface area contributed by atoms with Crippen LogP contribution in [0.15, 0.2) is 60.2 Å². The van der Waals surface area contributed by atoms with Gasteiger partial charge in [-0.2, -0.15) is 0 Å². The molecule has 0 radical (unpaired) electrons. The number of ether oxygens (including phenoxy) is 1. The lowest BCUT2D eigenvalue weighted by atomic mass is 9.95. The number of hydrogen-bond donors (Lipinski definition) is 2. The van der Waals surface area contributed by atoms with E-state index in [1.54, 1.807) is 68.6 Å². The molecule has 1 aliphatic heterocycles. The molecule has 0 aliphatic carbocycles. The van der Waals surface area contributed by atoms with Crippen molar-refractivity contribution in [2.75, 3.05) is 13.7 Å². The molecule has 0 spiro atoms. The summed E-state index contributed by atoms with van der Waals surface area (Å²) in [6.07, 6.45) is -0.819. The number of nitrogens with zero attached hydrogens (tertiary/aromatic N) is 1. The fourth-order valence-electron chi connectivity index (χ4n) is 3.24. The van der Waals surface area contributed by atoms with Crippen LogP contribution < -0.4 is 4.74 Å². The van der Waals surface area contributed by atoms with E-state index < -0.39 is 23.8 Å². The number of likely N-dealkylation sites (tertiary alicyclic amines) is 1. The normalized spacial score (nSPS) is 20.0. The summed E-state index contributed by atoms with van der Waals surface area (Å²) in [6.45, 7) is 1.52. The van der Waals surface area contributed by atoms with Gasteiger partial charge in [0.25, 0.3) is 11.7 Å². The number of carbonyl (C=O) groups excluding carboxylic acids is 2. The number of aliphatic hydroxyl groups excluding tert-OH is 2. The lowest BCUT2D eigenvalue weighted by Gasteiger charge is -2.26. The van der Waals surface area contributed by atoms with Gasteiger partial charge in [-0.25, -0.2) is 0 Å². The molecule has 0 bridgehead atoms. The number of amides is 1. The van der Waals surface area contributed by atoms with Crippen molar-refractivity contribution in [3.05, 3.63) is 71.3 Å². The third-order valence-corrected chi connectivity index (χ3v) is 4.48. The van der Waals surface area contributed by atoms with Crippen molar-refractivity contribution in [1.82, 2.24) is 4.90 Å². The van der Waals surface area contributed by atoms with Crippen LogP contribution in [0.1, 0.15) is 24.1 Å². The van der Waals surface area contributed by atoms with Crippen LogP contribution in [0, 0.1) is 0 Å². The summed E-state index contributed by atoms with van der Waals surface area (Å²) >= 11 is 0. The predicted molar refractivity (Wildman–Crippen MR) is 100 cm³/mol. The van der Waals surface area contributed by atoms with Gasteiger partial charge in [-0.15, -0.1) is 0 Å². The van der Waals surface area contributed by atoms with Crippen LogP contribution >= 0.6 is 0 Å². The molecular formula is C21H21NO5. The molecule has 140 valence electrons. The number of carbonyl (C=O) groups is 2. The maximum atomic E-state index is 12.7. The lowest BCUT2D eigenvalue weighted by Crippen LogP contribution is -2.35. The Kier molecular flexibility index (Phi) is 5.28. The van der Waals surface area contributed by atoms with Crippen molar-refractivity contribution < 1.29 is 24.5 Å². The van der Waals surface area contributed by atoms with E-state index in [4.69, 9.17) is 4.74 Å². The minimum absolute atomic E-state index is 0.0111. The van der Waals surface area contributed by atoms with Crippen molar-refractivity contribution in [2.45, 2.75) is 19.1 Å². The average Bonchev–Trinajstić information content (AvgIpc) is 2.92. The van der Waals surface area contributed by atoms with E-state index in [0.717, 1.165) is 0 Å². The van der Waals surface area contributed by atoms with Gasteiger partial charge in [0.1, 0.15) is 11.5 Å². The fraction of sp³-hybridized carbons (Fsp3) is 0.238. The zero-order chi connectivity index (χ0) is 19.6. The average molecular weight is 367 g/mol. The summed E-state index contributed by atoms with van der Waals surface area (Å²) in [7, 11) is 1.55. The number of rotatable bonds is 5. The number of Topliss-reactive ketones (excluding diaryl/α,β-unsaturated/α-hetero) is 1. The van der Waals surface area contributed by atoms with E-state index in [1.165, 1.54) is 4.90 Å². The second-order valence-corrected chi connectivity index (χ2v) is 6.44. The Labute approximate surface area is 157 Å². The van der Waals surface area contributed by atoms with Crippen LogP contribution in [0.5, 0.6) is 5.75 Å². The highest BCUT2D eigenvalue weighted by atomic mass is 16.5. The molecule has 0 unspecified atom stereocenters. The highest BCUT2D eigenvalue weighted by molar-refractivity contribution is 6.46. The van der Waals surface area contributed by atoms with Crippen LogP contribution in [0.2, 0.25) is 0 Å². The van der Waals surface area contributed by atoms with Gasteiger partial charge in [0.05, 0.1) is 24.8 Å². The first-order valence-corrected chi connectivity index (χ1v) is 8.60. The predicted octanol–water partition coefficient (Wildman–Crippen LogP) is 2.50. The van der Waals surface area contributed by atoms with E-state index >= 15 is 0 Å². The second-order valence-electron chi connectivity index (χ2n) is 6.44. The van der Waals surface area contributed by atoms with Gasteiger partial charge in [-0.05, 0) is 24.6 Å². The van der Waals surface area contributed by atoms with Crippen molar-refractivity contribution >= 4 is 17.4 Å². The summed E-state index contributed by atoms with van der Waals surface area (Å²) < 4.78 is 5.16. The molecular weight excluding hydrogens is 346 g/mol. The topological polar surface area (TPSA) is 87.1 Å². The van der Waals surface area contributed by atoms with Gasteiger partial charge in [0, 0.05) is 12.1 Å². The highest BCUT2D eigenvalue weighted by Gasteiger charge is 2.46. The number of methoxy groups -OCH3 is 1. The minimum Gasteiger partial charge on any atom is -0.507 e. The van der Waals surface area contributed by atoms with Gasteiger partial charge in [0.2, 0.25) is 0 Å². The summed E-state index contributed by atoms with van der Waals surface area (Å²) in [5, 5.41) is 20.6. The van der Waals surface area contributed by atoms with Gasteiger partial charge in [-0.3, -0.25) is 9.59 Å². The van der Waals surface area contributed by atoms with Crippen molar-refractivity contribution in [3.8, 4) is 5.75 Å². The SMILES string of the molecule is COc1ccc([C@H]2C(=C(O)c3ccccc3)C(=O)C(=O)N2C[C@H](C)O)cc1. The molecule has 1 saturated heterocycles. The summed E-state index contributed by atoms with van der Waals surface area (Å²) in [5.41, 5.74) is 1.11. The highest BCUT2D eigenvalue weighted by Crippen LogP contribution is 2.39. The molecule has 1 amide bonds. The summed E-state index contributed by atoms with van der Waals surface area (Å²) in [4.78, 5) is 26.6. The Morgan fingerprint density at radius 2 is 1.74 bits per heavy atom. The first-order valence-electron chi connectivity index (χ1n) is 8.60. The molecule has 6 heteroatoms. The van der Waals surface area contributed by atoms with Crippen molar-refractivity contribution in [3.63, 3.8) is 0 Å². The first kappa shape index (κ1) is 18.7. The van der Waals surface area contributed by atoms with Crippen molar-refractivity contribution in [1.29, 1.82) is 0 Å². The molecule has 27 heavy (non-hydrogen) atoms. The third-order valence-electron chi connectivity index (χ3n) is 4.48. The zero-order valence-electron chi connectivity index (χ0n) is 15.1. The number of hydrogen-bond acceptors (Lipinski definition) is 5. The zero-order valence-corrected chi connectivity index (χ0v) is 15.1. The maximum absolute atomic E-state index is 12.7. The van der Waals surface area contributed by atoms with Crippen molar-refractivity contribution in [2.24, 2.45) is 0 Å². The van der Waals surface area contributed by atoms with Crippen LogP contribution in [-0.2, 0) is 9.59 Å². The Morgan fingerprint density at radius 1 is 1.11 bits per heavy atom. The van der Waals surface area contributed by atoms with Gasteiger partial charge in [0.15, 0.2) is 0 Å². The number of β-amino-alcohol motifs (C(OH)–C–C–N with tert-alkyl or cyclic N) is 1. The largest absolute Gasteiger partial charge is 0.507 e. The van der Waals surface area contributed by atoms with E-state index in [9.17, 15) is 19.8 Å². The molecule has 2 aromatic rings. The standard InChI is InChI=1S/C21H21NO5/c1-13(23)12-22-18(14-8-10-16(27-2)11-9-14)17(20(25)21(22)26)19(24)15-6-4-3-5-7-15/h3-11,13,18,23-24H,12H2,1-2H3/t13-,18-/m0/s1. The number of benzene rings is 2. The quantitative estimate of drug-likeness (QED) is 0.482. The van der Waals surface area contributed by atoms with Gasteiger partial charge < -0.3 is 19.8 Å². The third kappa shape index (κ3) is 3.57. The molecule has 2 N–H and O–H groups in total. The van der Waals surface area contributed by atoms with Crippen LogP contribution in [0.4, 0.5) is 0 Å². The smallest absolute Gasteiger partial charge is 0.295 e. The molecule has 0 aromatic heterocycles. The molecule has 1 fully saturated rings. The Hall–Kier alpha value is -3.12. The molecule has 6 nitrogen and oxygen atoms in total. The van der Waals surface area contributed by atoms with E-state index in [1.807, 2.05) is 0 Å². The minimum atomic E-state index is -0.819. The van der Waals surface area contributed by atoms with E-state index in [0.29, 0.717) is 16.9 Å². The van der Waals surface area contributed by atoms with E-state index in [2.05, 4.69) is 0 Å². The van der Waals surface area contributed by atoms with Crippen LogP contribution in [-0.4, -0.2) is 46.6 Å². The second kappa shape index (κ2) is 7.63. The van der Waals surface area contributed by atoms with Gasteiger partial charge >= 0.3 is 0 Å². The van der Waals surface area contributed by atoms with Crippen LogP contribution in [0.3, 0.4) is 0 Å². The Bertz CT molecular complexity index is 871. The molecule has 2 atom stereocenters. The van der Waals surface area contributed by atoms with E-state index in [-0.39, 0.29) is 17.9 Å². The summed E-state index contributed by atoms with van der Waals surface area (Å²) in [5.74, 6) is -1.11. The van der Waals surface area contributed by atoms with Crippen LogP contribution in [0.25, 0.3) is 5.76 Å². The Balaban J connectivity index is 2.16. The molecule has 0 saturated carbocycles.